The standard InChI is InChI=1S/C60H42O2/c1-59(2)51-27-37(35-11-7-5-8-12-35)15-21-43(51)45-23-17-39(29-53(45)59)41-19-25-47-49-33-58-50(34-57(49)61-55(47)31-41)48-26-20-42(32-56(48)62-58)40-18-24-46-44-22-16-38(36-13-9-6-10-14-36)28-52(44)60(3,4)54(46)30-40/h5-34H,1-4H3. The molecule has 0 spiro atoms. The molecule has 0 saturated heterocycles. The number of hydrogen-bond donors (Lipinski definition) is 0. The number of furan rings is 2. The van der Waals surface area contributed by atoms with Crippen LogP contribution in [0, 0.1) is 0 Å². The van der Waals surface area contributed by atoms with E-state index in [1.807, 2.05) is 0 Å². The average molecular weight is 795 g/mol. The highest BCUT2D eigenvalue weighted by Crippen LogP contribution is 2.52. The van der Waals surface area contributed by atoms with Gasteiger partial charge in [-0.15, -0.1) is 0 Å². The Morgan fingerprint density at radius 2 is 0.548 bits per heavy atom. The molecule has 0 unspecified atom stereocenters. The van der Waals surface area contributed by atoms with Crippen molar-refractivity contribution in [3.8, 4) is 66.8 Å². The van der Waals surface area contributed by atoms with Gasteiger partial charge in [-0.1, -0.05) is 149 Å². The van der Waals surface area contributed by atoms with E-state index in [2.05, 4.69) is 210 Å². The summed E-state index contributed by atoms with van der Waals surface area (Å²) in [5, 5.41) is 4.31. The van der Waals surface area contributed by atoms with E-state index in [0.717, 1.165) is 55.0 Å². The molecule has 2 aliphatic carbocycles. The van der Waals surface area contributed by atoms with Crippen molar-refractivity contribution in [3.05, 3.63) is 204 Å². The zero-order chi connectivity index (χ0) is 41.5. The molecule has 0 atom stereocenters. The molecule has 0 radical (unpaired) electrons. The fraction of sp³-hybridized carbons (Fsp3) is 0.100. The Hall–Kier alpha value is -7.42. The van der Waals surface area contributed by atoms with Crippen LogP contribution >= 0.6 is 0 Å². The molecule has 0 N–H and O–H groups in total. The summed E-state index contributed by atoms with van der Waals surface area (Å²) in [5.41, 5.74) is 23.7. The van der Waals surface area contributed by atoms with E-state index in [1.165, 1.54) is 77.9 Å². The molecule has 0 amide bonds. The highest BCUT2D eigenvalue weighted by atomic mass is 16.3. The van der Waals surface area contributed by atoms with Crippen molar-refractivity contribution < 1.29 is 8.83 Å². The van der Waals surface area contributed by atoms with Gasteiger partial charge in [-0.3, -0.25) is 0 Å². The van der Waals surface area contributed by atoms with Crippen molar-refractivity contribution in [2.75, 3.05) is 0 Å². The highest BCUT2D eigenvalue weighted by molar-refractivity contribution is 6.15. The Morgan fingerprint density at radius 1 is 0.258 bits per heavy atom. The van der Waals surface area contributed by atoms with Crippen LogP contribution in [0.2, 0.25) is 0 Å². The first-order chi connectivity index (χ1) is 30.2. The second kappa shape index (κ2) is 12.6. The fourth-order valence-electron chi connectivity index (χ4n) is 10.9. The fourth-order valence-corrected chi connectivity index (χ4v) is 10.9. The third-order valence-electron chi connectivity index (χ3n) is 14.3. The van der Waals surface area contributed by atoms with Crippen LogP contribution in [0.25, 0.3) is 111 Å². The third-order valence-corrected chi connectivity index (χ3v) is 14.3. The van der Waals surface area contributed by atoms with Gasteiger partial charge in [0.1, 0.15) is 22.3 Å². The first kappa shape index (κ1) is 35.3. The van der Waals surface area contributed by atoms with Crippen LogP contribution in [0.1, 0.15) is 49.9 Å². The van der Waals surface area contributed by atoms with E-state index in [9.17, 15) is 0 Å². The summed E-state index contributed by atoms with van der Waals surface area (Å²) in [6, 6.07) is 66.8. The number of rotatable bonds is 4. The van der Waals surface area contributed by atoms with Gasteiger partial charge in [0.2, 0.25) is 0 Å². The highest BCUT2D eigenvalue weighted by Gasteiger charge is 2.37. The Kier molecular flexibility index (Phi) is 7.16. The lowest BCUT2D eigenvalue weighted by molar-refractivity contribution is 0.660. The Labute approximate surface area is 360 Å². The van der Waals surface area contributed by atoms with E-state index in [1.54, 1.807) is 0 Å². The second-order valence-corrected chi connectivity index (χ2v) is 18.5. The van der Waals surface area contributed by atoms with Crippen molar-refractivity contribution in [2.45, 2.75) is 38.5 Å². The van der Waals surface area contributed by atoms with Crippen LogP contribution in [0.4, 0.5) is 0 Å². The molecule has 294 valence electrons. The van der Waals surface area contributed by atoms with Gasteiger partial charge >= 0.3 is 0 Å². The molecule has 0 fully saturated rings. The van der Waals surface area contributed by atoms with Gasteiger partial charge in [0.25, 0.3) is 0 Å². The maximum absolute atomic E-state index is 6.65. The van der Waals surface area contributed by atoms with Gasteiger partial charge in [-0.2, -0.15) is 0 Å². The van der Waals surface area contributed by atoms with Crippen LogP contribution in [-0.2, 0) is 10.8 Å². The molecule has 9 aromatic carbocycles. The first-order valence-corrected chi connectivity index (χ1v) is 21.7. The summed E-state index contributed by atoms with van der Waals surface area (Å²) in [6.07, 6.45) is 0. The van der Waals surface area contributed by atoms with Crippen molar-refractivity contribution in [1.29, 1.82) is 0 Å². The average Bonchev–Trinajstić information content (AvgIpc) is 3.99. The minimum atomic E-state index is -0.120. The molecule has 2 heterocycles. The molecule has 2 nitrogen and oxygen atoms in total. The Morgan fingerprint density at radius 3 is 0.903 bits per heavy atom. The minimum absolute atomic E-state index is 0.120. The van der Waals surface area contributed by atoms with Gasteiger partial charge in [-0.25, -0.2) is 0 Å². The second-order valence-electron chi connectivity index (χ2n) is 18.5. The predicted octanol–water partition coefficient (Wildman–Crippen LogP) is 16.8. The topological polar surface area (TPSA) is 26.3 Å². The molecule has 0 aliphatic heterocycles. The molecule has 62 heavy (non-hydrogen) atoms. The van der Waals surface area contributed by atoms with Crippen LogP contribution in [0.15, 0.2) is 191 Å². The molecular weight excluding hydrogens is 753 g/mol. The maximum Gasteiger partial charge on any atom is 0.136 e. The smallest absolute Gasteiger partial charge is 0.136 e. The minimum Gasteiger partial charge on any atom is -0.456 e. The lowest BCUT2D eigenvalue weighted by atomic mass is 9.81. The molecule has 2 heteroatoms. The monoisotopic (exact) mass is 794 g/mol. The lowest BCUT2D eigenvalue weighted by Gasteiger charge is -2.22. The summed E-state index contributed by atoms with van der Waals surface area (Å²) in [5.74, 6) is 0. The normalized spacial score (nSPS) is 14.4. The molecular formula is C60H42O2. The van der Waals surface area contributed by atoms with Crippen LogP contribution in [0.3, 0.4) is 0 Å². The van der Waals surface area contributed by atoms with Gasteiger partial charge < -0.3 is 8.83 Å². The van der Waals surface area contributed by atoms with Crippen molar-refractivity contribution in [3.63, 3.8) is 0 Å². The molecule has 11 aromatic rings. The summed E-state index contributed by atoms with van der Waals surface area (Å²) >= 11 is 0. The number of fused-ring (bicyclic) bond motifs is 12. The summed E-state index contributed by atoms with van der Waals surface area (Å²) in [7, 11) is 0. The van der Waals surface area contributed by atoms with E-state index in [-0.39, 0.29) is 10.8 Å². The number of hydrogen-bond acceptors (Lipinski definition) is 2. The molecule has 2 aliphatic rings. The van der Waals surface area contributed by atoms with Crippen molar-refractivity contribution >= 4 is 43.9 Å². The van der Waals surface area contributed by atoms with Crippen LogP contribution < -0.4 is 0 Å². The van der Waals surface area contributed by atoms with Crippen LogP contribution in [0.5, 0.6) is 0 Å². The Balaban J connectivity index is 0.822. The molecule has 13 rings (SSSR count). The third kappa shape index (κ3) is 5.04. The van der Waals surface area contributed by atoms with Gasteiger partial charge in [0.05, 0.1) is 0 Å². The lowest BCUT2D eigenvalue weighted by Crippen LogP contribution is -2.15. The van der Waals surface area contributed by atoms with Crippen molar-refractivity contribution in [1.82, 2.24) is 0 Å². The summed E-state index contributed by atoms with van der Waals surface area (Å²) in [6.45, 7) is 9.42. The summed E-state index contributed by atoms with van der Waals surface area (Å²) in [4.78, 5) is 0. The maximum atomic E-state index is 6.65. The van der Waals surface area contributed by atoms with Crippen LogP contribution in [-0.4, -0.2) is 0 Å². The molecule has 2 aromatic heterocycles. The first-order valence-electron chi connectivity index (χ1n) is 21.7. The van der Waals surface area contributed by atoms with E-state index in [4.69, 9.17) is 8.83 Å². The van der Waals surface area contributed by atoms with E-state index in [0.29, 0.717) is 0 Å². The van der Waals surface area contributed by atoms with E-state index < -0.39 is 0 Å². The summed E-state index contributed by atoms with van der Waals surface area (Å²) < 4.78 is 13.3. The zero-order valence-corrected chi connectivity index (χ0v) is 35.1. The van der Waals surface area contributed by atoms with Crippen molar-refractivity contribution in [2.24, 2.45) is 0 Å². The quantitative estimate of drug-likeness (QED) is 0.177. The Bertz CT molecular complexity index is 3430. The molecule has 0 saturated carbocycles. The largest absolute Gasteiger partial charge is 0.456 e. The number of benzene rings is 9. The SMILES string of the molecule is CC1(C)c2cc(-c3ccccc3)ccc2-c2ccc(-c3ccc4c(c3)oc3cc5c(cc34)oc3cc(-c4ccc6c(c4)C(C)(C)c4cc(-c7ccccc7)ccc4-6)ccc35)cc21. The van der Waals surface area contributed by atoms with E-state index >= 15 is 0 Å². The van der Waals surface area contributed by atoms with Gasteiger partial charge in [-0.05, 0) is 150 Å². The zero-order valence-electron chi connectivity index (χ0n) is 35.1. The van der Waals surface area contributed by atoms with Gasteiger partial charge in [0, 0.05) is 32.4 Å². The van der Waals surface area contributed by atoms with Gasteiger partial charge in [0.15, 0.2) is 0 Å². The predicted molar refractivity (Wildman–Crippen MR) is 258 cm³/mol. The molecule has 0 bridgehead atoms.